The Balaban J connectivity index is 1.46. The fourth-order valence-corrected chi connectivity index (χ4v) is 3.71. The van der Waals surface area contributed by atoms with Gasteiger partial charge in [0, 0.05) is 38.3 Å². The van der Waals surface area contributed by atoms with Crippen LogP contribution in [0.15, 0.2) is 42.6 Å². The number of carbonyl (C=O) groups excluding carboxylic acids is 1. The lowest BCUT2D eigenvalue weighted by Crippen LogP contribution is -2.49. The molecule has 0 N–H and O–H groups in total. The van der Waals surface area contributed by atoms with Crippen molar-refractivity contribution in [2.45, 2.75) is 13.8 Å². The second-order valence-corrected chi connectivity index (χ2v) is 7.24. The largest absolute Gasteiger partial charge is 0.477 e. The van der Waals surface area contributed by atoms with E-state index in [0.29, 0.717) is 61.4 Å². The van der Waals surface area contributed by atoms with Crippen molar-refractivity contribution in [1.29, 1.82) is 0 Å². The number of para-hydroxylation sites is 2. The van der Waals surface area contributed by atoms with Gasteiger partial charge in [0.25, 0.3) is 11.6 Å². The first-order valence-corrected chi connectivity index (χ1v) is 10.3. The van der Waals surface area contributed by atoms with E-state index in [-0.39, 0.29) is 16.5 Å². The second-order valence-electron chi connectivity index (χ2n) is 7.24. The molecule has 0 atom stereocenters. The highest BCUT2D eigenvalue weighted by Crippen LogP contribution is 2.28. The van der Waals surface area contributed by atoms with Crippen LogP contribution in [0.4, 0.5) is 11.4 Å². The zero-order valence-corrected chi connectivity index (χ0v) is 17.8. The van der Waals surface area contributed by atoms with Gasteiger partial charge in [-0.2, -0.15) is 5.10 Å². The Bertz CT molecular complexity index is 1120. The zero-order valence-electron chi connectivity index (χ0n) is 17.8. The molecule has 1 amide bonds. The predicted octanol–water partition coefficient (Wildman–Crippen LogP) is 2.24. The van der Waals surface area contributed by atoms with E-state index in [4.69, 9.17) is 4.74 Å². The molecule has 1 aromatic carbocycles. The van der Waals surface area contributed by atoms with E-state index in [2.05, 4.69) is 15.3 Å². The van der Waals surface area contributed by atoms with E-state index in [0.717, 1.165) is 0 Å². The van der Waals surface area contributed by atoms with Crippen molar-refractivity contribution < 1.29 is 14.5 Å². The Morgan fingerprint density at radius 3 is 2.53 bits per heavy atom. The first-order chi connectivity index (χ1) is 15.5. The van der Waals surface area contributed by atoms with Crippen molar-refractivity contribution >= 4 is 17.3 Å². The lowest BCUT2D eigenvalue weighted by molar-refractivity contribution is -0.384. The van der Waals surface area contributed by atoms with Crippen LogP contribution in [0, 0.1) is 17.0 Å². The molecule has 11 nitrogen and oxygen atoms in total. The summed E-state index contributed by atoms with van der Waals surface area (Å²) in [6.07, 6.45) is 1.53. The van der Waals surface area contributed by atoms with Gasteiger partial charge in [0.15, 0.2) is 5.82 Å². The summed E-state index contributed by atoms with van der Waals surface area (Å²) in [5.74, 6) is 0.787. The van der Waals surface area contributed by atoms with Crippen LogP contribution < -0.4 is 9.64 Å². The number of anilines is 1. The number of hydrogen-bond acceptors (Lipinski definition) is 8. The van der Waals surface area contributed by atoms with Gasteiger partial charge in [-0.3, -0.25) is 14.9 Å². The van der Waals surface area contributed by atoms with Crippen LogP contribution in [0.3, 0.4) is 0 Å². The monoisotopic (exact) mass is 437 g/mol. The Morgan fingerprint density at radius 1 is 1.12 bits per heavy atom. The smallest absolute Gasteiger partial charge is 0.292 e. The van der Waals surface area contributed by atoms with Crippen LogP contribution in [0.1, 0.15) is 23.0 Å². The third kappa shape index (κ3) is 4.09. The SMILES string of the molecule is CCOc1ccc(-n2ncc(C(=O)N3CCN(c4ccccc4[N+](=O)[O-])CC3)c2C)nn1. The molecule has 1 aliphatic heterocycles. The van der Waals surface area contributed by atoms with Crippen LogP contribution in [-0.4, -0.2) is 68.5 Å². The average molecular weight is 437 g/mol. The Hall–Kier alpha value is -4.02. The van der Waals surface area contributed by atoms with Crippen LogP contribution >= 0.6 is 0 Å². The summed E-state index contributed by atoms with van der Waals surface area (Å²) in [5, 5.41) is 23.8. The molecule has 1 aliphatic rings. The van der Waals surface area contributed by atoms with Crippen LogP contribution in [0.2, 0.25) is 0 Å². The molecule has 1 fully saturated rings. The minimum Gasteiger partial charge on any atom is -0.477 e. The number of benzene rings is 1. The highest BCUT2D eigenvalue weighted by molar-refractivity contribution is 5.95. The number of hydrogen-bond donors (Lipinski definition) is 0. The normalized spacial score (nSPS) is 13.8. The topological polar surface area (TPSA) is 120 Å². The van der Waals surface area contributed by atoms with Crippen LogP contribution in [0.5, 0.6) is 5.88 Å². The van der Waals surface area contributed by atoms with Crippen molar-refractivity contribution in [2.75, 3.05) is 37.7 Å². The summed E-state index contributed by atoms with van der Waals surface area (Å²) >= 11 is 0. The van der Waals surface area contributed by atoms with E-state index in [1.54, 1.807) is 39.9 Å². The van der Waals surface area contributed by atoms with Gasteiger partial charge in [0.05, 0.1) is 29.0 Å². The maximum atomic E-state index is 13.1. The number of piperazine rings is 1. The van der Waals surface area contributed by atoms with Gasteiger partial charge >= 0.3 is 0 Å². The highest BCUT2D eigenvalue weighted by atomic mass is 16.6. The fourth-order valence-electron chi connectivity index (χ4n) is 3.71. The number of nitrogens with zero attached hydrogens (tertiary/aromatic N) is 7. The molecule has 0 unspecified atom stereocenters. The Kier molecular flexibility index (Phi) is 5.97. The molecule has 11 heteroatoms. The first-order valence-electron chi connectivity index (χ1n) is 10.3. The van der Waals surface area contributed by atoms with Gasteiger partial charge in [-0.25, -0.2) is 4.68 Å². The van der Waals surface area contributed by atoms with Gasteiger partial charge in [0.2, 0.25) is 5.88 Å². The number of ether oxygens (including phenoxy) is 1. The molecule has 0 bridgehead atoms. The van der Waals surface area contributed by atoms with Crippen molar-refractivity contribution in [3.8, 4) is 11.7 Å². The van der Waals surface area contributed by atoms with Gasteiger partial charge in [-0.15, -0.1) is 10.2 Å². The van der Waals surface area contributed by atoms with Gasteiger partial charge < -0.3 is 14.5 Å². The molecule has 3 aromatic rings. The molecular formula is C21H23N7O4. The number of aromatic nitrogens is 4. The summed E-state index contributed by atoms with van der Waals surface area (Å²) in [5.41, 5.74) is 1.79. The maximum Gasteiger partial charge on any atom is 0.292 e. The van der Waals surface area contributed by atoms with E-state index in [1.807, 2.05) is 18.7 Å². The number of rotatable bonds is 6. The van der Waals surface area contributed by atoms with E-state index in [9.17, 15) is 14.9 Å². The number of carbonyl (C=O) groups is 1. The molecule has 3 heterocycles. The number of nitro groups is 1. The Labute approximate surface area is 184 Å². The van der Waals surface area contributed by atoms with E-state index < -0.39 is 0 Å². The summed E-state index contributed by atoms with van der Waals surface area (Å²) in [6, 6.07) is 10.1. The lowest BCUT2D eigenvalue weighted by Gasteiger charge is -2.35. The average Bonchev–Trinajstić information content (AvgIpc) is 3.20. The number of nitro benzene ring substituents is 1. The molecule has 32 heavy (non-hydrogen) atoms. The molecule has 4 rings (SSSR count). The zero-order chi connectivity index (χ0) is 22.7. The standard InChI is InChI=1S/C21H23N7O4/c1-3-32-20-9-8-19(23-24-20)27-15(2)16(14-22-27)21(29)26-12-10-25(11-13-26)17-6-4-5-7-18(17)28(30)31/h4-9,14H,3,10-13H2,1-2H3. The summed E-state index contributed by atoms with van der Waals surface area (Å²) in [6.45, 7) is 6.10. The summed E-state index contributed by atoms with van der Waals surface area (Å²) < 4.78 is 6.87. The van der Waals surface area contributed by atoms with Gasteiger partial charge in [-0.1, -0.05) is 12.1 Å². The minimum atomic E-state index is -0.381. The summed E-state index contributed by atoms with van der Waals surface area (Å²) in [7, 11) is 0. The fraction of sp³-hybridized carbons (Fsp3) is 0.333. The van der Waals surface area contributed by atoms with Crippen molar-refractivity contribution in [1.82, 2.24) is 24.9 Å². The molecule has 166 valence electrons. The minimum absolute atomic E-state index is 0.0702. The molecule has 2 aromatic heterocycles. The summed E-state index contributed by atoms with van der Waals surface area (Å²) in [4.78, 5) is 27.7. The molecule has 0 saturated carbocycles. The van der Waals surface area contributed by atoms with Crippen molar-refractivity contribution in [2.24, 2.45) is 0 Å². The quantitative estimate of drug-likeness (QED) is 0.425. The van der Waals surface area contributed by atoms with Crippen LogP contribution in [-0.2, 0) is 0 Å². The third-order valence-electron chi connectivity index (χ3n) is 5.36. The molecule has 0 aliphatic carbocycles. The predicted molar refractivity (Wildman–Crippen MR) is 116 cm³/mol. The van der Waals surface area contributed by atoms with E-state index in [1.165, 1.54) is 12.3 Å². The second kappa shape index (κ2) is 9.00. The maximum absolute atomic E-state index is 13.1. The first kappa shape index (κ1) is 21.2. The lowest BCUT2D eigenvalue weighted by atomic mass is 10.2. The van der Waals surface area contributed by atoms with Crippen molar-refractivity contribution in [3.05, 3.63) is 64.0 Å². The van der Waals surface area contributed by atoms with E-state index >= 15 is 0 Å². The molecular weight excluding hydrogens is 414 g/mol. The number of amides is 1. The molecule has 1 saturated heterocycles. The molecule has 0 radical (unpaired) electrons. The third-order valence-corrected chi connectivity index (χ3v) is 5.36. The van der Waals surface area contributed by atoms with Gasteiger partial charge in [-0.05, 0) is 26.0 Å². The van der Waals surface area contributed by atoms with Crippen molar-refractivity contribution in [3.63, 3.8) is 0 Å². The van der Waals surface area contributed by atoms with Gasteiger partial charge in [0.1, 0.15) is 5.69 Å². The van der Waals surface area contributed by atoms with Crippen LogP contribution in [0.25, 0.3) is 5.82 Å². The highest BCUT2D eigenvalue weighted by Gasteiger charge is 2.28. The molecule has 0 spiro atoms. The Morgan fingerprint density at radius 2 is 1.88 bits per heavy atom.